The molecule has 1 heterocycles. The molecule has 3 heteroatoms. The van der Waals surface area contributed by atoms with Gasteiger partial charge in [-0.15, -0.1) is 0 Å². The summed E-state index contributed by atoms with van der Waals surface area (Å²) >= 11 is 3.57. The van der Waals surface area contributed by atoms with Crippen LogP contribution in [0.15, 0.2) is 30.3 Å². The van der Waals surface area contributed by atoms with Crippen LogP contribution in [0.25, 0.3) is 0 Å². The molecular formula is C17H24BrNO. The van der Waals surface area contributed by atoms with Crippen LogP contribution >= 0.6 is 15.9 Å². The van der Waals surface area contributed by atoms with Gasteiger partial charge in [-0.25, -0.2) is 0 Å². The van der Waals surface area contributed by atoms with E-state index in [9.17, 15) is 4.79 Å². The summed E-state index contributed by atoms with van der Waals surface area (Å²) in [5.41, 5.74) is 1.33. The summed E-state index contributed by atoms with van der Waals surface area (Å²) < 4.78 is 0. The van der Waals surface area contributed by atoms with Gasteiger partial charge < -0.3 is 4.90 Å². The van der Waals surface area contributed by atoms with Crippen LogP contribution in [0.5, 0.6) is 0 Å². The highest BCUT2D eigenvalue weighted by Crippen LogP contribution is 2.20. The molecule has 0 aliphatic carbocycles. The van der Waals surface area contributed by atoms with Crippen molar-refractivity contribution >= 4 is 21.8 Å². The number of amides is 1. The van der Waals surface area contributed by atoms with Gasteiger partial charge in [0.2, 0.25) is 5.91 Å². The van der Waals surface area contributed by atoms with Gasteiger partial charge in [0.15, 0.2) is 0 Å². The smallest absolute Gasteiger partial charge is 0.222 e. The highest BCUT2D eigenvalue weighted by molar-refractivity contribution is 9.09. The van der Waals surface area contributed by atoms with Gasteiger partial charge in [-0.2, -0.15) is 0 Å². The molecule has 1 aromatic carbocycles. The zero-order valence-electron chi connectivity index (χ0n) is 12.1. The van der Waals surface area contributed by atoms with Gasteiger partial charge in [0.1, 0.15) is 0 Å². The van der Waals surface area contributed by atoms with Crippen molar-refractivity contribution in [2.24, 2.45) is 0 Å². The quantitative estimate of drug-likeness (QED) is 0.738. The van der Waals surface area contributed by atoms with E-state index >= 15 is 0 Å². The molecule has 1 aliphatic heterocycles. The van der Waals surface area contributed by atoms with Gasteiger partial charge in [-0.1, -0.05) is 59.1 Å². The first-order valence-corrected chi connectivity index (χ1v) is 8.83. The second-order valence-electron chi connectivity index (χ2n) is 5.58. The highest BCUT2D eigenvalue weighted by atomic mass is 79.9. The van der Waals surface area contributed by atoms with E-state index in [0.717, 1.165) is 37.6 Å². The average molecular weight is 338 g/mol. The lowest BCUT2D eigenvalue weighted by atomic mass is 10.1. The van der Waals surface area contributed by atoms with E-state index in [1.165, 1.54) is 18.4 Å². The molecule has 0 saturated carbocycles. The van der Waals surface area contributed by atoms with Gasteiger partial charge in [-0.3, -0.25) is 4.79 Å². The molecule has 110 valence electrons. The first-order valence-electron chi connectivity index (χ1n) is 7.70. The third-order valence-corrected chi connectivity index (χ3v) is 4.82. The normalized spacial score (nSPS) is 19.6. The molecule has 1 unspecified atom stereocenters. The van der Waals surface area contributed by atoms with E-state index in [4.69, 9.17) is 0 Å². The van der Waals surface area contributed by atoms with Crippen LogP contribution in [0.3, 0.4) is 0 Å². The molecule has 1 fully saturated rings. The summed E-state index contributed by atoms with van der Waals surface area (Å²) in [4.78, 5) is 14.5. The van der Waals surface area contributed by atoms with Crippen molar-refractivity contribution < 1.29 is 4.79 Å². The van der Waals surface area contributed by atoms with Gasteiger partial charge in [-0.05, 0) is 31.2 Å². The Kier molecular flexibility index (Phi) is 6.58. The second kappa shape index (κ2) is 8.46. The van der Waals surface area contributed by atoms with Crippen LogP contribution in [-0.2, 0) is 11.2 Å². The molecule has 0 spiro atoms. The maximum atomic E-state index is 12.4. The fourth-order valence-corrected chi connectivity index (χ4v) is 3.57. The van der Waals surface area contributed by atoms with E-state index < -0.39 is 0 Å². The Labute approximate surface area is 130 Å². The van der Waals surface area contributed by atoms with E-state index in [2.05, 4.69) is 45.1 Å². The summed E-state index contributed by atoms with van der Waals surface area (Å²) in [6.45, 7) is 0.945. The predicted octanol–water partition coefficient (Wildman–Crippen LogP) is 4.18. The highest BCUT2D eigenvalue weighted by Gasteiger charge is 2.23. The zero-order chi connectivity index (χ0) is 14.2. The number of hydrogen-bond acceptors (Lipinski definition) is 1. The third-order valence-electron chi connectivity index (χ3n) is 4.07. The summed E-state index contributed by atoms with van der Waals surface area (Å²) in [7, 11) is 0. The van der Waals surface area contributed by atoms with Crippen LogP contribution < -0.4 is 0 Å². The lowest BCUT2D eigenvalue weighted by molar-refractivity contribution is -0.133. The summed E-state index contributed by atoms with van der Waals surface area (Å²) in [6.07, 6.45) is 7.46. The molecule has 20 heavy (non-hydrogen) atoms. The minimum Gasteiger partial charge on any atom is -0.339 e. The first kappa shape index (κ1) is 15.6. The number of benzene rings is 1. The van der Waals surface area contributed by atoms with Crippen LogP contribution in [0.2, 0.25) is 0 Å². The van der Waals surface area contributed by atoms with Gasteiger partial charge in [0, 0.05) is 24.3 Å². The largest absolute Gasteiger partial charge is 0.339 e. The Hall–Kier alpha value is -0.830. The minimum absolute atomic E-state index is 0.340. The summed E-state index contributed by atoms with van der Waals surface area (Å²) in [5.74, 6) is 0.340. The van der Waals surface area contributed by atoms with Gasteiger partial charge >= 0.3 is 0 Å². The molecule has 2 nitrogen and oxygen atoms in total. The third kappa shape index (κ3) is 4.62. The van der Waals surface area contributed by atoms with Gasteiger partial charge in [0.25, 0.3) is 0 Å². The van der Waals surface area contributed by atoms with Crippen molar-refractivity contribution in [1.29, 1.82) is 0 Å². The molecule has 2 rings (SSSR count). The van der Waals surface area contributed by atoms with Crippen molar-refractivity contribution in [3.63, 3.8) is 0 Å². The molecule has 0 N–H and O–H groups in total. The van der Waals surface area contributed by atoms with Crippen molar-refractivity contribution in [2.75, 3.05) is 11.9 Å². The number of aryl methyl sites for hydroxylation is 1. The summed E-state index contributed by atoms with van der Waals surface area (Å²) in [5, 5.41) is 0.914. The van der Waals surface area contributed by atoms with Crippen molar-refractivity contribution in [3.05, 3.63) is 35.9 Å². The number of halogens is 1. The Morgan fingerprint density at radius 2 is 2.00 bits per heavy atom. The van der Waals surface area contributed by atoms with Crippen LogP contribution in [-0.4, -0.2) is 28.7 Å². The second-order valence-corrected chi connectivity index (χ2v) is 6.23. The number of alkyl halides is 1. The molecule has 1 aliphatic rings. The van der Waals surface area contributed by atoms with Crippen LogP contribution in [0, 0.1) is 0 Å². The topological polar surface area (TPSA) is 20.3 Å². The Morgan fingerprint density at radius 3 is 2.75 bits per heavy atom. The number of likely N-dealkylation sites (tertiary alicyclic amines) is 1. The molecule has 1 amide bonds. The molecule has 1 atom stereocenters. The standard InChI is InChI=1S/C17H24BrNO/c18-14-16-11-5-2-6-13-19(16)17(20)12-7-10-15-8-3-1-4-9-15/h1,3-4,8-9,16H,2,5-7,10-14H2. The van der Waals surface area contributed by atoms with Crippen molar-refractivity contribution in [1.82, 2.24) is 4.90 Å². The molecular weight excluding hydrogens is 314 g/mol. The molecule has 0 aromatic heterocycles. The van der Waals surface area contributed by atoms with E-state index in [1.54, 1.807) is 0 Å². The Bertz CT molecular complexity index is 407. The van der Waals surface area contributed by atoms with E-state index in [1.807, 2.05) is 6.07 Å². The minimum atomic E-state index is 0.340. The molecule has 1 saturated heterocycles. The first-order chi connectivity index (χ1) is 9.81. The van der Waals surface area contributed by atoms with Crippen molar-refractivity contribution in [3.8, 4) is 0 Å². The van der Waals surface area contributed by atoms with Crippen LogP contribution in [0.4, 0.5) is 0 Å². The maximum absolute atomic E-state index is 12.4. The maximum Gasteiger partial charge on any atom is 0.222 e. The SMILES string of the molecule is O=C(CCCc1ccccc1)N1CCCCCC1CBr. The molecule has 0 bridgehead atoms. The average Bonchev–Trinajstić information content (AvgIpc) is 2.73. The van der Waals surface area contributed by atoms with E-state index in [0.29, 0.717) is 18.4 Å². The lowest BCUT2D eigenvalue weighted by Gasteiger charge is -2.28. The Morgan fingerprint density at radius 1 is 1.20 bits per heavy atom. The van der Waals surface area contributed by atoms with Crippen molar-refractivity contribution in [2.45, 2.75) is 51.0 Å². The molecule has 1 aromatic rings. The monoisotopic (exact) mass is 337 g/mol. The zero-order valence-corrected chi connectivity index (χ0v) is 13.6. The van der Waals surface area contributed by atoms with Crippen LogP contribution in [0.1, 0.15) is 44.1 Å². The van der Waals surface area contributed by atoms with E-state index in [-0.39, 0.29) is 0 Å². The number of hydrogen-bond donors (Lipinski definition) is 0. The number of carbonyl (C=O) groups is 1. The van der Waals surface area contributed by atoms with Gasteiger partial charge in [0.05, 0.1) is 0 Å². The summed E-state index contributed by atoms with van der Waals surface area (Å²) in [6, 6.07) is 10.8. The number of rotatable bonds is 5. The predicted molar refractivity (Wildman–Crippen MR) is 87.1 cm³/mol. The Balaban J connectivity index is 1.80. The molecule has 0 radical (unpaired) electrons. The fraction of sp³-hybridized carbons (Fsp3) is 0.588. The lowest BCUT2D eigenvalue weighted by Crippen LogP contribution is -2.40. The fourth-order valence-electron chi connectivity index (χ4n) is 2.90. The number of nitrogens with zero attached hydrogens (tertiary/aromatic N) is 1. The number of carbonyl (C=O) groups excluding carboxylic acids is 1.